The number of carbonyl (C=O) groups is 1. The molecule has 1 amide bonds. The van der Waals surface area contributed by atoms with Crippen LogP contribution in [0, 0.1) is 32.1 Å². The molecule has 0 aliphatic carbocycles. The minimum absolute atomic E-state index is 0.0900. The third-order valence-corrected chi connectivity index (χ3v) is 3.64. The number of benzene rings is 2. The van der Waals surface area contributed by atoms with Crippen molar-refractivity contribution < 1.29 is 18.3 Å². The first-order chi connectivity index (χ1) is 12.3. The minimum Gasteiger partial charge on any atom is -0.434 e. The van der Waals surface area contributed by atoms with Crippen molar-refractivity contribution in [2.45, 2.75) is 27.4 Å². The number of hydrogen-bond donors (Lipinski definition) is 1. The predicted octanol–water partition coefficient (Wildman–Crippen LogP) is 4.76. The smallest absolute Gasteiger partial charge is 0.387 e. The molecule has 0 fully saturated rings. The maximum atomic E-state index is 12.5. The molecule has 0 atom stereocenters. The van der Waals surface area contributed by atoms with Crippen LogP contribution in [0.2, 0.25) is 0 Å². The standard InChI is InChI=1S/C20H18F2N2O2/c1-12-5-4-6-17(7-12)24-19(25)16(11-23)10-15-8-13(2)18(14(3)9-15)26-20(21)22/h4-10,20H,1-3H3,(H,24,25)/b16-10+. The van der Waals surface area contributed by atoms with Crippen molar-refractivity contribution in [3.8, 4) is 11.8 Å². The zero-order valence-corrected chi connectivity index (χ0v) is 14.6. The van der Waals surface area contributed by atoms with Gasteiger partial charge < -0.3 is 10.1 Å². The van der Waals surface area contributed by atoms with E-state index < -0.39 is 12.5 Å². The molecule has 0 saturated carbocycles. The second kappa shape index (κ2) is 8.26. The number of nitrogens with zero attached hydrogens (tertiary/aromatic N) is 1. The quantitative estimate of drug-likeness (QED) is 0.621. The van der Waals surface area contributed by atoms with E-state index in [1.165, 1.54) is 6.08 Å². The Morgan fingerprint density at radius 3 is 2.38 bits per heavy atom. The van der Waals surface area contributed by atoms with Crippen molar-refractivity contribution in [1.29, 1.82) is 5.26 Å². The summed E-state index contributed by atoms with van der Waals surface area (Å²) in [5.74, 6) is -0.443. The number of hydrogen-bond acceptors (Lipinski definition) is 3. The highest BCUT2D eigenvalue weighted by molar-refractivity contribution is 6.09. The second-order valence-electron chi connectivity index (χ2n) is 5.86. The van der Waals surface area contributed by atoms with Crippen LogP contribution in [0.5, 0.6) is 5.75 Å². The molecule has 0 aliphatic heterocycles. The van der Waals surface area contributed by atoms with Gasteiger partial charge in [0.05, 0.1) is 0 Å². The molecule has 2 aromatic carbocycles. The molecule has 0 unspecified atom stereocenters. The Hall–Kier alpha value is -3.20. The molecule has 134 valence electrons. The molecule has 0 bridgehead atoms. The Morgan fingerprint density at radius 1 is 1.19 bits per heavy atom. The first-order valence-corrected chi connectivity index (χ1v) is 7.86. The molecule has 0 radical (unpaired) electrons. The molecule has 0 saturated heterocycles. The van der Waals surface area contributed by atoms with Crippen molar-refractivity contribution >= 4 is 17.7 Å². The molecule has 2 rings (SSSR count). The number of halogens is 2. The van der Waals surface area contributed by atoms with E-state index in [0.717, 1.165) is 5.56 Å². The van der Waals surface area contributed by atoms with E-state index in [1.807, 2.05) is 19.1 Å². The molecular weight excluding hydrogens is 338 g/mol. The summed E-state index contributed by atoms with van der Waals surface area (Å²) in [5, 5.41) is 12.0. The monoisotopic (exact) mass is 356 g/mol. The van der Waals surface area contributed by atoms with Crippen molar-refractivity contribution in [3.05, 3.63) is 64.2 Å². The van der Waals surface area contributed by atoms with Gasteiger partial charge in [0.15, 0.2) is 0 Å². The molecule has 6 heteroatoms. The molecule has 1 N–H and O–H groups in total. The van der Waals surface area contributed by atoms with Gasteiger partial charge in [0, 0.05) is 5.69 Å². The Kier molecular flexibility index (Phi) is 6.07. The summed E-state index contributed by atoms with van der Waals surface area (Å²) in [4.78, 5) is 12.3. The summed E-state index contributed by atoms with van der Waals surface area (Å²) >= 11 is 0. The van der Waals surface area contributed by atoms with Gasteiger partial charge in [-0.2, -0.15) is 14.0 Å². The van der Waals surface area contributed by atoms with E-state index in [2.05, 4.69) is 10.1 Å². The number of alkyl halides is 2. The number of aryl methyl sites for hydroxylation is 3. The van der Waals surface area contributed by atoms with Crippen LogP contribution in [-0.2, 0) is 4.79 Å². The lowest BCUT2D eigenvalue weighted by Crippen LogP contribution is -2.13. The highest BCUT2D eigenvalue weighted by Crippen LogP contribution is 2.27. The minimum atomic E-state index is -2.91. The first-order valence-electron chi connectivity index (χ1n) is 7.86. The third-order valence-electron chi connectivity index (χ3n) is 3.64. The lowest BCUT2D eigenvalue weighted by Gasteiger charge is -2.12. The number of anilines is 1. The number of amides is 1. The van der Waals surface area contributed by atoms with Crippen LogP contribution in [0.4, 0.5) is 14.5 Å². The van der Waals surface area contributed by atoms with Gasteiger partial charge in [-0.15, -0.1) is 0 Å². The molecule has 2 aromatic rings. The fourth-order valence-corrected chi connectivity index (χ4v) is 2.58. The van der Waals surface area contributed by atoms with E-state index in [9.17, 15) is 18.8 Å². The van der Waals surface area contributed by atoms with Gasteiger partial charge >= 0.3 is 6.61 Å². The number of nitriles is 1. The van der Waals surface area contributed by atoms with Crippen molar-refractivity contribution in [2.24, 2.45) is 0 Å². The van der Waals surface area contributed by atoms with Gasteiger partial charge in [-0.25, -0.2) is 0 Å². The van der Waals surface area contributed by atoms with Crippen LogP contribution in [0.3, 0.4) is 0 Å². The van der Waals surface area contributed by atoms with E-state index in [4.69, 9.17) is 0 Å². The van der Waals surface area contributed by atoms with E-state index in [0.29, 0.717) is 22.4 Å². The Bertz CT molecular complexity index is 876. The normalized spacial score (nSPS) is 11.2. The van der Waals surface area contributed by atoms with Crippen LogP contribution in [-0.4, -0.2) is 12.5 Å². The van der Waals surface area contributed by atoms with Gasteiger partial charge in [-0.1, -0.05) is 12.1 Å². The Labute approximate surface area is 150 Å². The highest BCUT2D eigenvalue weighted by Gasteiger charge is 2.13. The fraction of sp³-hybridized carbons (Fsp3) is 0.200. The number of rotatable bonds is 5. The maximum Gasteiger partial charge on any atom is 0.387 e. The summed E-state index contributed by atoms with van der Waals surface area (Å²) < 4.78 is 29.4. The number of nitrogens with one attached hydrogen (secondary N) is 1. The van der Waals surface area contributed by atoms with E-state index >= 15 is 0 Å². The zero-order chi connectivity index (χ0) is 19.3. The Balaban J connectivity index is 2.28. The Morgan fingerprint density at radius 2 is 1.85 bits per heavy atom. The predicted molar refractivity (Wildman–Crippen MR) is 95.9 cm³/mol. The lowest BCUT2D eigenvalue weighted by atomic mass is 10.0. The zero-order valence-electron chi connectivity index (χ0n) is 14.6. The van der Waals surface area contributed by atoms with Crippen LogP contribution < -0.4 is 10.1 Å². The number of carbonyl (C=O) groups excluding carboxylic acids is 1. The summed E-state index contributed by atoms with van der Waals surface area (Å²) in [5.41, 5.74) is 3.02. The third kappa shape index (κ3) is 4.90. The molecular formula is C20H18F2N2O2. The first kappa shape index (κ1) is 19.1. The fourth-order valence-electron chi connectivity index (χ4n) is 2.58. The second-order valence-corrected chi connectivity index (χ2v) is 5.86. The van der Waals surface area contributed by atoms with E-state index in [1.54, 1.807) is 44.2 Å². The van der Waals surface area contributed by atoms with Crippen molar-refractivity contribution in [1.82, 2.24) is 0 Å². The van der Waals surface area contributed by atoms with Crippen LogP contribution in [0.1, 0.15) is 22.3 Å². The summed E-state index contributed by atoms with van der Waals surface area (Å²) in [6, 6.07) is 12.3. The highest BCUT2D eigenvalue weighted by atomic mass is 19.3. The topological polar surface area (TPSA) is 62.1 Å². The SMILES string of the molecule is Cc1cccc(NC(=O)/C(C#N)=C/c2cc(C)c(OC(F)F)c(C)c2)c1. The van der Waals surface area contributed by atoms with E-state index in [-0.39, 0.29) is 11.3 Å². The van der Waals surface area contributed by atoms with Crippen LogP contribution >= 0.6 is 0 Å². The van der Waals surface area contributed by atoms with Gasteiger partial charge in [0.25, 0.3) is 5.91 Å². The van der Waals surface area contributed by atoms with Gasteiger partial charge in [0.1, 0.15) is 17.4 Å². The molecule has 26 heavy (non-hydrogen) atoms. The molecule has 0 aliphatic rings. The largest absolute Gasteiger partial charge is 0.434 e. The molecule has 4 nitrogen and oxygen atoms in total. The van der Waals surface area contributed by atoms with Gasteiger partial charge in [0.2, 0.25) is 0 Å². The average molecular weight is 356 g/mol. The van der Waals surface area contributed by atoms with Crippen LogP contribution in [0.15, 0.2) is 42.0 Å². The number of ether oxygens (including phenoxy) is 1. The average Bonchev–Trinajstić information content (AvgIpc) is 2.55. The van der Waals surface area contributed by atoms with Crippen molar-refractivity contribution in [2.75, 3.05) is 5.32 Å². The van der Waals surface area contributed by atoms with Gasteiger partial charge in [-0.3, -0.25) is 4.79 Å². The van der Waals surface area contributed by atoms with Crippen molar-refractivity contribution in [3.63, 3.8) is 0 Å². The van der Waals surface area contributed by atoms with Gasteiger partial charge in [-0.05, 0) is 73.4 Å². The molecule has 0 heterocycles. The summed E-state index contributed by atoms with van der Waals surface area (Å²) in [6.45, 7) is 2.23. The molecule has 0 spiro atoms. The summed E-state index contributed by atoms with van der Waals surface area (Å²) in [6.07, 6.45) is 1.41. The maximum absolute atomic E-state index is 12.5. The van der Waals surface area contributed by atoms with Crippen LogP contribution in [0.25, 0.3) is 6.08 Å². The lowest BCUT2D eigenvalue weighted by molar-refractivity contribution is -0.112. The molecule has 0 aromatic heterocycles. The summed E-state index contributed by atoms with van der Waals surface area (Å²) in [7, 11) is 0.